The second-order valence-corrected chi connectivity index (χ2v) is 6.20. The summed E-state index contributed by atoms with van der Waals surface area (Å²) in [6, 6.07) is 8.15. The Morgan fingerprint density at radius 1 is 0.913 bits per heavy atom. The Balaban J connectivity index is 2.77. The lowest BCUT2D eigenvalue weighted by atomic mass is 9.81. The van der Waals surface area contributed by atoms with Crippen molar-refractivity contribution in [2.75, 3.05) is 0 Å². The number of hydrogen-bond donors (Lipinski definition) is 1. The molecule has 2 aromatic carbocycles. The predicted molar refractivity (Wildman–Crippen MR) is 85.6 cm³/mol. The number of aromatic hydroxyl groups is 1. The molecule has 0 spiro atoms. The van der Waals surface area contributed by atoms with Crippen LogP contribution in [-0.2, 0) is 5.41 Å². The molecule has 0 atom stereocenters. The van der Waals surface area contributed by atoms with Crippen LogP contribution in [0.4, 0.5) is 11.4 Å². The van der Waals surface area contributed by atoms with Gasteiger partial charge in [0.2, 0.25) is 0 Å². The molecule has 0 unspecified atom stereocenters. The van der Waals surface area contributed by atoms with Crippen molar-refractivity contribution in [3.8, 4) is 16.9 Å². The maximum atomic E-state index is 11.3. The van der Waals surface area contributed by atoms with Gasteiger partial charge in [-0.25, -0.2) is 0 Å². The van der Waals surface area contributed by atoms with Gasteiger partial charge in [-0.15, -0.1) is 0 Å². The third-order valence-electron chi connectivity index (χ3n) is 3.49. The summed E-state index contributed by atoms with van der Waals surface area (Å²) in [5.41, 5.74) is 0.521. The van der Waals surface area contributed by atoms with Crippen LogP contribution in [0.5, 0.6) is 5.75 Å². The standard InChI is InChI=1S/C16H16N2O5/c1-16(2,3)14-9-11(19)5-7-12(14)13-6-4-10(17(20)21)8-15(13)18(22)23/h4-9,19H,1-3H3. The smallest absolute Gasteiger partial charge is 0.284 e. The number of hydrogen-bond acceptors (Lipinski definition) is 5. The molecule has 0 saturated carbocycles. The molecule has 0 aliphatic rings. The molecule has 0 fully saturated rings. The average Bonchev–Trinajstić information content (AvgIpc) is 2.45. The fourth-order valence-corrected chi connectivity index (χ4v) is 2.40. The first-order valence-corrected chi connectivity index (χ1v) is 6.88. The van der Waals surface area contributed by atoms with Crippen molar-refractivity contribution in [1.29, 1.82) is 0 Å². The molecule has 1 N–H and O–H groups in total. The normalized spacial score (nSPS) is 11.3. The van der Waals surface area contributed by atoms with Crippen molar-refractivity contribution in [2.45, 2.75) is 26.2 Å². The molecule has 7 nitrogen and oxygen atoms in total. The number of nitro groups is 2. The van der Waals surface area contributed by atoms with E-state index < -0.39 is 9.85 Å². The molecule has 7 heteroatoms. The first-order chi connectivity index (χ1) is 10.6. The van der Waals surface area contributed by atoms with Gasteiger partial charge in [-0.05, 0) is 34.7 Å². The molecule has 0 amide bonds. The van der Waals surface area contributed by atoms with Crippen LogP contribution in [0.3, 0.4) is 0 Å². The highest BCUT2D eigenvalue weighted by molar-refractivity contribution is 5.79. The molecular weight excluding hydrogens is 300 g/mol. The molecule has 0 aliphatic heterocycles. The predicted octanol–water partition coefficient (Wildman–Crippen LogP) is 4.17. The summed E-state index contributed by atoms with van der Waals surface area (Å²) in [6.07, 6.45) is 0. The van der Waals surface area contributed by atoms with Gasteiger partial charge in [0.05, 0.1) is 21.5 Å². The topological polar surface area (TPSA) is 107 Å². The fourth-order valence-electron chi connectivity index (χ4n) is 2.40. The Morgan fingerprint density at radius 3 is 2.04 bits per heavy atom. The van der Waals surface area contributed by atoms with Gasteiger partial charge in [-0.2, -0.15) is 0 Å². The number of phenolic OH excluding ortho intramolecular Hbond substituents is 1. The van der Waals surface area contributed by atoms with Crippen molar-refractivity contribution in [2.24, 2.45) is 0 Å². The number of nitrogens with zero attached hydrogens (tertiary/aromatic N) is 2. The lowest BCUT2D eigenvalue weighted by Gasteiger charge is -2.23. The van der Waals surface area contributed by atoms with Crippen molar-refractivity contribution < 1.29 is 15.0 Å². The summed E-state index contributed by atoms with van der Waals surface area (Å²) in [5, 5.41) is 31.9. The minimum Gasteiger partial charge on any atom is -0.508 e. The van der Waals surface area contributed by atoms with Gasteiger partial charge in [-0.1, -0.05) is 26.8 Å². The molecule has 0 bridgehead atoms. The van der Waals surface area contributed by atoms with Crippen LogP contribution in [0.15, 0.2) is 36.4 Å². The van der Waals surface area contributed by atoms with E-state index in [0.717, 1.165) is 11.6 Å². The lowest BCUT2D eigenvalue weighted by molar-refractivity contribution is -0.393. The molecule has 2 rings (SSSR count). The van der Waals surface area contributed by atoms with E-state index in [2.05, 4.69) is 0 Å². The van der Waals surface area contributed by atoms with E-state index in [1.54, 1.807) is 12.1 Å². The Hall–Kier alpha value is -2.96. The zero-order valence-corrected chi connectivity index (χ0v) is 12.9. The van der Waals surface area contributed by atoms with Crippen LogP contribution in [0.25, 0.3) is 11.1 Å². The summed E-state index contributed by atoms with van der Waals surface area (Å²) in [4.78, 5) is 20.9. The molecule has 23 heavy (non-hydrogen) atoms. The minimum atomic E-state index is -0.668. The van der Waals surface area contributed by atoms with Gasteiger partial charge in [-0.3, -0.25) is 20.2 Å². The fraction of sp³-hybridized carbons (Fsp3) is 0.250. The van der Waals surface area contributed by atoms with Gasteiger partial charge < -0.3 is 5.11 Å². The molecule has 120 valence electrons. The Morgan fingerprint density at radius 2 is 1.52 bits per heavy atom. The minimum absolute atomic E-state index is 0.0586. The first kappa shape index (κ1) is 16.4. The van der Waals surface area contributed by atoms with Crippen LogP contribution in [0.2, 0.25) is 0 Å². The third-order valence-corrected chi connectivity index (χ3v) is 3.49. The van der Waals surface area contributed by atoms with Crippen molar-refractivity contribution in [3.63, 3.8) is 0 Å². The number of phenols is 1. The Labute approximate surface area is 132 Å². The zero-order valence-electron chi connectivity index (χ0n) is 12.9. The van der Waals surface area contributed by atoms with Gasteiger partial charge >= 0.3 is 0 Å². The number of non-ortho nitro benzene ring substituents is 1. The maximum absolute atomic E-state index is 11.3. The first-order valence-electron chi connectivity index (χ1n) is 6.88. The molecular formula is C16H16N2O5. The van der Waals surface area contributed by atoms with E-state index in [9.17, 15) is 25.3 Å². The molecule has 0 heterocycles. The van der Waals surface area contributed by atoms with Crippen molar-refractivity contribution >= 4 is 11.4 Å². The molecule has 0 radical (unpaired) electrons. The van der Waals surface area contributed by atoms with Gasteiger partial charge in [0.1, 0.15) is 5.75 Å². The highest BCUT2D eigenvalue weighted by atomic mass is 16.6. The van der Waals surface area contributed by atoms with Crippen LogP contribution in [0.1, 0.15) is 26.3 Å². The van der Waals surface area contributed by atoms with Gasteiger partial charge in [0.25, 0.3) is 11.4 Å². The number of nitro benzene ring substituents is 2. The largest absolute Gasteiger partial charge is 0.508 e. The van der Waals surface area contributed by atoms with Gasteiger partial charge in [0.15, 0.2) is 0 Å². The quantitative estimate of drug-likeness (QED) is 0.675. The molecule has 2 aromatic rings. The van der Waals surface area contributed by atoms with Gasteiger partial charge in [0, 0.05) is 6.07 Å². The average molecular weight is 316 g/mol. The highest BCUT2D eigenvalue weighted by Crippen LogP contribution is 2.40. The van der Waals surface area contributed by atoms with E-state index >= 15 is 0 Å². The second-order valence-electron chi connectivity index (χ2n) is 6.20. The molecule has 0 aliphatic carbocycles. The summed E-state index contributed by atoms with van der Waals surface area (Å²) >= 11 is 0. The SMILES string of the molecule is CC(C)(C)c1cc(O)ccc1-c1ccc([N+](=O)[O-])cc1[N+](=O)[O-]. The van der Waals surface area contributed by atoms with Crippen LogP contribution in [-0.4, -0.2) is 15.0 Å². The summed E-state index contributed by atoms with van der Waals surface area (Å²) in [6.45, 7) is 5.76. The van der Waals surface area contributed by atoms with Crippen LogP contribution < -0.4 is 0 Å². The highest BCUT2D eigenvalue weighted by Gasteiger charge is 2.26. The number of benzene rings is 2. The van der Waals surface area contributed by atoms with E-state index in [1.165, 1.54) is 18.2 Å². The molecule has 0 saturated heterocycles. The maximum Gasteiger partial charge on any atom is 0.284 e. The lowest BCUT2D eigenvalue weighted by Crippen LogP contribution is -2.13. The van der Waals surface area contributed by atoms with E-state index in [4.69, 9.17) is 0 Å². The van der Waals surface area contributed by atoms with E-state index in [1.807, 2.05) is 20.8 Å². The molecule has 0 aromatic heterocycles. The van der Waals surface area contributed by atoms with Crippen molar-refractivity contribution in [1.82, 2.24) is 0 Å². The van der Waals surface area contributed by atoms with E-state index in [-0.39, 0.29) is 28.1 Å². The van der Waals surface area contributed by atoms with Crippen LogP contribution >= 0.6 is 0 Å². The number of rotatable bonds is 3. The second kappa shape index (κ2) is 5.68. The summed E-state index contributed by atoms with van der Waals surface area (Å²) in [7, 11) is 0. The Kier molecular flexibility index (Phi) is 4.05. The van der Waals surface area contributed by atoms with E-state index in [0.29, 0.717) is 5.56 Å². The third kappa shape index (κ3) is 3.28. The summed E-state index contributed by atoms with van der Waals surface area (Å²) in [5.74, 6) is 0.0586. The summed E-state index contributed by atoms with van der Waals surface area (Å²) < 4.78 is 0. The van der Waals surface area contributed by atoms with Crippen LogP contribution in [0, 0.1) is 20.2 Å². The Bertz CT molecular complexity index is 794. The van der Waals surface area contributed by atoms with Crippen molar-refractivity contribution in [3.05, 3.63) is 62.2 Å². The monoisotopic (exact) mass is 316 g/mol. The zero-order chi connectivity index (χ0) is 17.4.